The molecule has 19 heavy (non-hydrogen) atoms. The van der Waals surface area contributed by atoms with Gasteiger partial charge in [-0.3, -0.25) is 9.59 Å². The van der Waals surface area contributed by atoms with Crippen LogP contribution < -0.4 is 5.32 Å². The third-order valence-corrected chi connectivity index (χ3v) is 2.48. The number of benzene rings is 2. The smallest absolute Gasteiger partial charge is 0.258 e. The maximum absolute atomic E-state index is 13.4. The van der Waals surface area contributed by atoms with Crippen molar-refractivity contribution in [3.8, 4) is 0 Å². The number of anilines is 1. The van der Waals surface area contributed by atoms with Crippen molar-refractivity contribution in [2.75, 3.05) is 5.32 Å². The van der Waals surface area contributed by atoms with Gasteiger partial charge in [0, 0.05) is 11.3 Å². The number of hydrogen-bond acceptors (Lipinski definition) is 2. The van der Waals surface area contributed by atoms with E-state index in [0.717, 1.165) is 6.07 Å². The molecule has 2 aromatic carbocycles. The Bertz CT molecular complexity index is 641. The molecule has 2 aromatic rings. The van der Waals surface area contributed by atoms with Crippen molar-refractivity contribution in [2.45, 2.75) is 0 Å². The fourth-order valence-electron chi connectivity index (χ4n) is 1.57. The summed E-state index contributed by atoms with van der Waals surface area (Å²) in [5.41, 5.74) is 0.312. The predicted octanol–water partition coefficient (Wildman–Crippen LogP) is 3.03. The topological polar surface area (TPSA) is 46.2 Å². The molecule has 0 radical (unpaired) electrons. The zero-order chi connectivity index (χ0) is 13.8. The molecular formula is C14H9F2NO2. The maximum atomic E-state index is 13.4. The first-order valence-corrected chi connectivity index (χ1v) is 5.42. The highest BCUT2D eigenvalue weighted by Gasteiger charge is 2.15. The number of hydrogen-bond donors (Lipinski definition) is 1. The molecule has 0 aliphatic heterocycles. The second-order valence-electron chi connectivity index (χ2n) is 3.80. The Labute approximate surface area is 107 Å². The van der Waals surface area contributed by atoms with Crippen LogP contribution in [-0.2, 0) is 0 Å². The normalized spacial score (nSPS) is 10.0. The van der Waals surface area contributed by atoms with Gasteiger partial charge in [0.25, 0.3) is 5.91 Å². The Kier molecular flexibility index (Phi) is 3.66. The van der Waals surface area contributed by atoms with E-state index < -0.39 is 23.1 Å². The molecule has 2 rings (SSSR count). The molecular weight excluding hydrogens is 252 g/mol. The monoisotopic (exact) mass is 261 g/mol. The van der Waals surface area contributed by atoms with E-state index in [1.54, 1.807) is 18.2 Å². The van der Waals surface area contributed by atoms with Crippen molar-refractivity contribution in [3.05, 3.63) is 65.2 Å². The van der Waals surface area contributed by atoms with E-state index in [0.29, 0.717) is 17.5 Å². The Morgan fingerprint density at radius 3 is 2.58 bits per heavy atom. The van der Waals surface area contributed by atoms with Gasteiger partial charge in [0.1, 0.15) is 6.29 Å². The molecule has 1 N–H and O–H groups in total. The van der Waals surface area contributed by atoms with Crippen molar-refractivity contribution in [2.24, 2.45) is 0 Å². The minimum atomic E-state index is -1.20. The molecule has 0 heterocycles. The van der Waals surface area contributed by atoms with Crippen LogP contribution >= 0.6 is 0 Å². The van der Waals surface area contributed by atoms with Crippen LogP contribution in [0.2, 0.25) is 0 Å². The number of aldehydes is 1. The van der Waals surface area contributed by atoms with Crippen molar-refractivity contribution in [1.82, 2.24) is 0 Å². The van der Waals surface area contributed by atoms with E-state index >= 15 is 0 Å². The van der Waals surface area contributed by atoms with E-state index in [9.17, 15) is 18.4 Å². The molecule has 96 valence electrons. The summed E-state index contributed by atoms with van der Waals surface area (Å²) in [6.45, 7) is 0. The van der Waals surface area contributed by atoms with Gasteiger partial charge in [-0.25, -0.2) is 8.78 Å². The highest BCUT2D eigenvalue weighted by atomic mass is 19.2. The number of amides is 1. The zero-order valence-corrected chi connectivity index (χ0v) is 9.69. The van der Waals surface area contributed by atoms with E-state index in [-0.39, 0.29) is 0 Å². The molecule has 0 aromatic heterocycles. The molecule has 0 saturated carbocycles. The fraction of sp³-hybridized carbons (Fsp3) is 0. The number of nitrogens with one attached hydrogen (secondary N) is 1. The number of halogens is 2. The average Bonchev–Trinajstić information content (AvgIpc) is 2.42. The third-order valence-electron chi connectivity index (χ3n) is 2.48. The minimum absolute atomic E-state index is 0.332. The highest BCUT2D eigenvalue weighted by molar-refractivity contribution is 6.04. The summed E-state index contributed by atoms with van der Waals surface area (Å²) in [4.78, 5) is 22.4. The van der Waals surface area contributed by atoms with Crippen LogP contribution in [0.25, 0.3) is 0 Å². The summed E-state index contributed by atoms with van der Waals surface area (Å²) in [6, 6.07) is 9.46. The van der Waals surface area contributed by atoms with E-state index in [2.05, 4.69) is 5.32 Å². The third kappa shape index (κ3) is 2.82. The van der Waals surface area contributed by atoms with Crippen LogP contribution in [0, 0.1) is 11.6 Å². The highest BCUT2D eigenvalue weighted by Crippen LogP contribution is 2.15. The van der Waals surface area contributed by atoms with Gasteiger partial charge >= 0.3 is 0 Å². The SMILES string of the molecule is O=Cc1cccc(NC(=O)c2cccc(F)c2F)c1. The lowest BCUT2D eigenvalue weighted by Gasteiger charge is -2.06. The molecule has 0 saturated heterocycles. The van der Waals surface area contributed by atoms with Crippen molar-refractivity contribution >= 4 is 17.9 Å². The van der Waals surface area contributed by atoms with Crippen LogP contribution in [0.15, 0.2) is 42.5 Å². The average molecular weight is 261 g/mol. The van der Waals surface area contributed by atoms with Crippen molar-refractivity contribution < 1.29 is 18.4 Å². The van der Waals surface area contributed by atoms with Gasteiger partial charge < -0.3 is 5.32 Å². The number of carbonyl (C=O) groups excluding carboxylic acids is 2. The first kappa shape index (κ1) is 12.9. The minimum Gasteiger partial charge on any atom is -0.322 e. The summed E-state index contributed by atoms with van der Waals surface area (Å²) in [5, 5.41) is 2.40. The first-order valence-electron chi connectivity index (χ1n) is 5.42. The summed E-state index contributed by atoms with van der Waals surface area (Å²) < 4.78 is 26.4. The Balaban J connectivity index is 2.25. The van der Waals surface area contributed by atoms with Crippen molar-refractivity contribution in [3.63, 3.8) is 0 Å². The Hall–Kier alpha value is -2.56. The molecule has 0 aliphatic rings. The van der Waals surface area contributed by atoms with Crippen LogP contribution in [0.4, 0.5) is 14.5 Å². The van der Waals surface area contributed by atoms with Crippen LogP contribution in [-0.4, -0.2) is 12.2 Å². The van der Waals surface area contributed by atoms with Gasteiger partial charge in [-0.2, -0.15) is 0 Å². The lowest BCUT2D eigenvalue weighted by molar-refractivity contribution is 0.102. The molecule has 0 unspecified atom stereocenters. The van der Waals surface area contributed by atoms with Crippen LogP contribution in [0.1, 0.15) is 20.7 Å². The van der Waals surface area contributed by atoms with Crippen molar-refractivity contribution in [1.29, 1.82) is 0 Å². The van der Waals surface area contributed by atoms with Gasteiger partial charge in [-0.1, -0.05) is 18.2 Å². The molecule has 5 heteroatoms. The summed E-state index contributed by atoms with van der Waals surface area (Å²) in [5.74, 6) is -3.07. The zero-order valence-electron chi connectivity index (χ0n) is 9.69. The molecule has 1 amide bonds. The molecule has 0 spiro atoms. The summed E-state index contributed by atoms with van der Waals surface area (Å²) in [6.07, 6.45) is 0.623. The first-order chi connectivity index (χ1) is 9.11. The van der Waals surface area contributed by atoms with E-state index in [1.165, 1.54) is 18.2 Å². The second kappa shape index (κ2) is 5.39. The van der Waals surface area contributed by atoms with Crippen LogP contribution in [0.3, 0.4) is 0 Å². The lowest BCUT2D eigenvalue weighted by atomic mass is 10.1. The Morgan fingerprint density at radius 1 is 1.11 bits per heavy atom. The summed E-state index contributed by atoms with van der Waals surface area (Å²) >= 11 is 0. The van der Waals surface area contributed by atoms with Gasteiger partial charge in [-0.05, 0) is 24.3 Å². The molecule has 0 atom stereocenters. The van der Waals surface area contributed by atoms with E-state index in [4.69, 9.17) is 0 Å². The maximum Gasteiger partial charge on any atom is 0.258 e. The summed E-state index contributed by atoms with van der Waals surface area (Å²) in [7, 11) is 0. The molecule has 0 fully saturated rings. The molecule has 0 bridgehead atoms. The van der Waals surface area contributed by atoms with Gasteiger partial charge in [-0.15, -0.1) is 0 Å². The number of rotatable bonds is 3. The lowest BCUT2D eigenvalue weighted by Crippen LogP contribution is -2.14. The molecule has 0 aliphatic carbocycles. The number of carbonyl (C=O) groups is 2. The van der Waals surface area contributed by atoms with E-state index in [1.807, 2.05) is 0 Å². The largest absolute Gasteiger partial charge is 0.322 e. The molecule has 3 nitrogen and oxygen atoms in total. The van der Waals surface area contributed by atoms with Gasteiger partial charge in [0.15, 0.2) is 11.6 Å². The van der Waals surface area contributed by atoms with Gasteiger partial charge in [0.2, 0.25) is 0 Å². The van der Waals surface area contributed by atoms with Gasteiger partial charge in [0.05, 0.1) is 5.56 Å². The Morgan fingerprint density at radius 2 is 1.84 bits per heavy atom. The van der Waals surface area contributed by atoms with Crippen LogP contribution in [0.5, 0.6) is 0 Å². The fourth-order valence-corrected chi connectivity index (χ4v) is 1.57. The second-order valence-corrected chi connectivity index (χ2v) is 3.80. The predicted molar refractivity (Wildman–Crippen MR) is 66.1 cm³/mol. The standard InChI is InChI=1S/C14H9F2NO2/c15-12-6-2-5-11(13(12)16)14(19)17-10-4-1-3-9(7-10)8-18/h1-8H,(H,17,19). The quantitative estimate of drug-likeness (QED) is 0.863.